The second-order valence-electron chi connectivity index (χ2n) is 10.5. The van der Waals surface area contributed by atoms with Crippen LogP contribution in [0.4, 0.5) is 0 Å². The molecule has 0 aromatic rings. The fourth-order valence-corrected chi connectivity index (χ4v) is 4.15. The number of aliphatic carboxylic acids is 1. The molecule has 0 aliphatic rings. The summed E-state index contributed by atoms with van der Waals surface area (Å²) in [5.41, 5.74) is 0. The van der Waals surface area contributed by atoms with E-state index < -0.39 is 5.97 Å². The first-order valence-electron chi connectivity index (χ1n) is 15.5. The minimum Gasteiger partial charge on any atom is -0.481 e. The van der Waals surface area contributed by atoms with Crippen LogP contribution in [0.3, 0.4) is 0 Å². The maximum atomic E-state index is 12.0. The van der Waals surface area contributed by atoms with Crippen molar-refractivity contribution in [1.29, 1.82) is 0 Å². The number of carboxylic acid groups (broad SMARTS) is 1. The fraction of sp³-hybridized carbons (Fsp3) is 0.871. The minimum atomic E-state index is -0.692. The molecule has 0 aliphatic carbocycles. The SMILES string of the molecule is CC(=O)COCCOCCCC(=O)COCCOCCCC(=O)CCCCCCCCCCCCCCC(=O)O. The largest absolute Gasteiger partial charge is 0.481 e. The number of carboxylic acids is 1. The van der Waals surface area contributed by atoms with E-state index in [-0.39, 0.29) is 24.8 Å². The van der Waals surface area contributed by atoms with E-state index in [1.165, 1.54) is 51.9 Å². The van der Waals surface area contributed by atoms with Crippen LogP contribution >= 0.6 is 0 Å². The Hall–Kier alpha value is -1.68. The Morgan fingerprint density at radius 2 is 0.800 bits per heavy atom. The quantitative estimate of drug-likeness (QED) is 0.0959. The summed E-state index contributed by atoms with van der Waals surface area (Å²) in [4.78, 5) is 45.0. The standard InChI is InChI=1S/C31H56O9/c1-28(32)26-39-24-22-38-21-15-18-30(34)27-40-25-23-37-20-14-17-29(33)16-12-10-8-6-4-2-3-5-7-9-11-13-19-31(35)36/h2-27H2,1H3,(H,35,36). The van der Waals surface area contributed by atoms with Crippen LogP contribution in [0.25, 0.3) is 0 Å². The first-order valence-corrected chi connectivity index (χ1v) is 15.5. The Kier molecular flexibility index (Phi) is 29.0. The Bertz CT molecular complexity index is 636. The summed E-state index contributed by atoms with van der Waals surface area (Å²) < 4.78 is 21.3. The molecule has 0 rings (SSSR count). The van der Waals surface area contributed by atoms with Gasteiger partial charge < -0.3 is 24.1 Å². The average Bonchev–Trinajstić information content (AvgIpc) is 2.91. The van der Waals surface area contributed by atoms with Crippen molar-refractivity contribution in [3.05, 3.63) is 0 Å². The molecule has 9 heteroatoms. The Morgan fingerprint density at radius 3 is 1.27 bits per heavy atom. The summed E-state index contributed by atoms with van der Waals surface area (Å²) in [6.07, 6.45) is 17.0. The third-order valence-corrected chi connectivity index (χ3v) is 6.40. The van der Waals surface area contributed by atoms with E-state index in [1.54, 1.807) is 0 Å². The molecule has 234 valence electrons. The number of carbonyl (C=O) groups excluding carboxylic acids is 3. The molecule has 0 saturated heterocycles. The van der Waals surface area contributed by atoms with E-state index >= 15 is 0 Å². The highest BCUT2D eigenvalue weighted by molar-refractivity contribution is 5.79. The topological polar surface area (TPSA) is 125 Å². The number of ether oxygens (including phenoxy) is 4. The maximum absolute atomic E-state index is 12.0. The maximum Gasteiger partial charge on any atom is 0.303 e. The molecule has 0 bridgehead atoms. The number of Topliss-reactive ketones (excluding diaryl/α,β-unsaturated/α-hetero) is 3. The first kappa shape index (κ1) is 38.3. The van der Waals surface area contributed by atoms with Gasteiger partial charge in [-0.15, -0.1) is 0 Å². The summed E-state index contributed by atoms with van der Waals surface area (Å²) in [6, 6.07) is 0. The van der Waals surface area contributed by atoms with Gasteiger partial charge in [-0.25, -0.2) is 0 Å². The van der Waals surface area contributed by atoms with Gasteiger partial charge in [0.15, 0.2) is 11.6 Å². The molecule has 0 saturated carbocycles. The normalized spacial score (nSPS) is 11.1. The van der Waals surface area contributed by atoms with Crippen LogP contribution in [0.5, 0.6) is 0 Å². The zero-order chi connectivity index (χ0) is 29.5. The fourth-order valence-electron chi connectivity index (χ4n) is 4.15. The summed E-state index contributed by atoms with van der Waals surface area (Å²) >= 11 is 0. The smallest absolute Gasteiger partial charge is 0.303 e. The van der Waals surface area contributed by atoms with Gasteiger partial charge in [-0.3, -0.25) is 19.2 Å². The highest BCUT2D eigenvalue weighted by Gasteiger charge is 2.04. The predicted octanol–water partition coefficient (Wildman–Crippen LogP) is 5.89. The lowest BCUT2D eigenvalue weighted by Gasteiger charge is -2.06. The zero-order valence-corrected chi connectivity index (χ0v) is 25.1. The Balaban J connectivity index is 3.27. The Morgan fingerprint density at radius 1 is 0.425 bits per heavy atom. The van der Waals surface area contributed by atoms with E-state index in [0.29, 0.717) is 77.5 Å². The molecule has 0 unspecified atom stereocenters. The molecule has 0 fully saturated rings. The number of ketones is 3. The molecule has 0 amide bonds. The zero-order valence-electron chi connectivity index (χ0n) is 25.1. The van der Waals surface area contributed by atoms with Crippen molar-refractivity contribution in [2.45, 2.75) is 122 Å². The molecule has 0 aliphatic heterocycles. The number of rotatable bonds is 33. The van der Waals surface area contributed by atoms with Crippen LogP contribution in [0, 0.1) is 0 Å². The van der Waals surface area contributed by atoms with Crippen molar-refractivity contribution in [3.63, 3.8) is 0 Å². The van der Waals surface area contributed by atoms with Gasteiger partial charge in [0.1, 0.15) is 19.0 Å². The van der Waals surface area contributed by atoms with Gasteiger partial charge in [-0.05, 0) is 32.6 Å². The van der Waals surface area contributed by atoms with Crippen LogP contribution in [-0.4, -0.2) is 81.3 Å². The van der Waals surface area contributed by atoms with Gasteiger partial charge in [-0.1, -0.05) is 64.2 Å². The lowest BCUT2D eigenvalue weighted by atomic mass is 10.0. The molecular formula is C31H56O9. The average molecular weight is 573 g/mol. The number of hydrogen-bond acceptors (Lipinski definition) is 8. The van der Waals surface area contributed by atoms with Crippen molar-refractivity contribution >= 4 is 23.3 Å². The number of carbonyl (C=O) groups is 4. The first-order chi connectivity index (χ1) is 19.4. The van der Waals surface area contributed by atoms with Crippen LogP contribution < -0.4 is 0 Å². The molecule has 40 heavy (non-hydrogen) atoms. The summed E-state index contributed by atoms with van der Waals surface area (Å²) in [5.74, 6) is -0.373. The molecular weight excluding hydrogens is 516 g/mol. The third kappa shape index (κ3) is 32.5. The highest BCUT2D eigenvalue weighted by atomic mass is 16.5. The van der Waals surface area contributed by atoms with Gasteiger partial charge in [-0.2, -0.15) is 0 Å². The van der Waals surface area contributed by atoms with Gasteiger partial charge in [0.05, 0.1) is 26.4 Å². The predicted molar refractivity (Wildman–Crippen MR) is 155 cm³/mol. The molecule has 1 N–H and O–H groups in total. The molecule has 0 atom stereocenters. The second-order valence-corrected chi connectivity index (χ2v) is 10.5. The van der Waals surface area contributed by atoms with Crippen molar-refractivity contribution in [2.75, 3.05) is 52.9 Å². The number of hydrogen-bond donors (Lipinski definition) is 1. The van der Waals surface area contributed by atoms with Gasteiger partial charge in [0, 0.05) is 38.9 Å². The minimum absolute atomic E-state index is 0.0155. The summed E-state index contributed by atoms with van der Waals surface area (Å²) in [5, 5.41) is 8.61. The summed E-state index contributed by atoms with van der Waals surface area (Å²) in [6.45, 7) is 4.19. The number of unbranched alkanes of at least 4 members (excludes halogenated alkanes) is 11. The lowest BCUT2D eigenvalue weighted by molar-refractivity contribution is -0.137. The van der Waals surface area contributed by atoms with E-state index in [0.717, 1.165) is 38.5 Å². The third-order valence-electron chi connectivity index (χ3n) is 6.40. The second kappa shape index (κ2) is 30.3. The monoisotopic (exact) mass is 572 g/mol. The van der Waals surface area contributed by atoms with Crippen LogP contribution in [-0.2, 0) is 38.1 Å². The Labute approximate surface area is 242 Å². The molecule has 0 spiro atoms. The summed E-state index contributed by atoms with van der Waals surface area (Å²) in [7, 11) is 0. The van der Waals surface area contributed by atoms with E-state index in [9.17, 15) is 19.2 Å². The molecule has 9 nitrogen and oxygen atoms in total. The van der Waals surface area contributed by atoms with Gasteiger partial charge in [0.2, 0.25) is 0 Å². The molecule has 0 aromatic heterocycles. The van der Waals surface area contributed by atoms with Crippen LogP contribution in [0.1, 0.15) is 122 Å². The van der Waals surface area contributed by atoms with E-state index in [1.807, 2.05) is 0 Å². The van der Waals surface area contributed by atoms with Crippen molar-refractivity contribution < 1.29 is 43.2 Å². The van der Waals surface area contributed by atoms with E-state index in [2.05, 4.69) is 0 Å². The van der Waals surface area contributed by atoms with E-state index in [4.69, 9.17) is 24.1 Å². The van der Waals surface area contributed by atoms with Crippen molar-refractivity contribution in [3.8, 4) is 0 Å². The molecule has 0 radical (unpaired) electrons. The van der Waals surface area contributed by atoms with Crippen LogP contribution in [0.15, 0.2) is 0 Å². The molecule has 0 heterocycles. The van der Waals surface area contributed by atoms with Gasteiger partial charge >= 0.3 is 5.97 Å². The molecule has 0 aromatic carbocycles. The van der Waals surface area contributed by atoms with Crippen LogP contribution in [0.2, 0.25) is 0 Å². The highest BCUT2D eigenvalue weighted by Crippen LogP contribution is 2.13. The van der Waals surface area contributed by atoms with Gasteiger partial charge in [0.25, 0.3) is 0 Å². The van der Waals surface area contributed by atoms with Crippen molar-refractivity contribution in [2.24, 2.45) is 0 Å². The van der Waals surface area contributed by atoms with Crippen molar-refractivity contribution in [1.82, 2.24) is 0 Å². The lowest BCUT2D eigenvalue weighted by Crippen LogP contribution is -2.14.